The second kappa shape index (κ2) is 10.7. The number of esters is 1. The predicted molar refractivity (Wildman–Crippen MR) is 121 cm³/mol. The molecule has 0 aromatic heterocycles. The van der Waals surface area contributed by atoms with Gasteiger partial charge in [-0.05, 0) is 56.2 Å². The molecule has 0 fully saturated rings. The van der Waals surface area contributed by atoms with Crippen molar-refractivity contribution in [2.45, 2.75) is 25.8 Å². The summed E-state index contributed by atoms with van der Waals surface area (Å²) in [5, 5.41) is 6.19. The molecule has 1 amide bonds. The lowest BCUT2D eigenvalue weighted by molar-refractivity contribution is -0.138. The quantitative estimate of drug-likeness (QED) is 0.336. The molecule has 3 rings (SSSR count). The fraction of sp³-hybridized carbons (Fsp3) is 0.273. The average molecular weight is 460 g/mol. The van der Waals surface area contributed by atoms with Crippen molar-refractivity contribution in [3.05, 3.63) is 65.4 Å². The number of hydrogen-bond acceptors (Lipinski definition) is 7. The third-order valence-electron chi connectivity index (χ3n) is 4.90. The maximum absolute atomic E-state index is 12.9. The first-order valence-electron chi connectivity index (χ1n) is 10.0. The average Bonchev–Trinajstić information content (AvgIpc) is 3.16. The minimum atomic E-state index is -2.79. The molecule has 0 radical (unpaired) electrons. The Morgan fingerprint density at radius 3 is 2.50 bits per heavy atom. The monoisotopic (exact) mass is 459 g/mol. The summed E-state index contributed by atoms with van der Waals surface area (Å²) in [5.74, 6) is -0.197. The minimum absolute atomic E-state index is 0.230. The van der Waals surface area contributed by atoms with E-state index in [1.54, 1.807) is 14.0 Å². The maximum atomic E-state index is 12.9. The second-order valence-electron chi connectivity index (χ2n) is 6.98. The van der Waals surface area contributed by atoms with Gasteiger partial charge in [-0.2, -0.15) is 0 Å². The van der Waals surface area contributed by atoms with Gasteiger partial charge in [-0.1, -0.05) is 6.07 Å². The number of anilines is 2. The number of amides is 1. The van der Waals surface area contributed by atoms with Crippen LogP contribution in [-0.2, 0) is 20.4 Å². The van der Waals surface area contributed by atoms with Gasteiger partial charge >= 0.3 is 5.97 Å². The Labute approximate surface area is 187 Å². The molecule has 2 aromatic rings. The fourth-order valence-electron chi connectivity index (χ4n) is 3.43. The molecule has 0 bridgehead atoms. The summed E-state index contributed by atoms with van der Waals surface area (Å²) in [7, 11) is -1.21. The molecule has 0 spiro atoms. The lowest BCUT2D eigenvalue weighted by Crippen LogP contribution is -2.33. The zero-order valence-corrected chi connectivity index (χ0v) is 18.6. The summed E-state index contributed by atoms with van der Waals surface area (Å²) >= 11 is 0. The van der Waals surface area contributed by atoms with Crippen LogP contribution in [0.2, 0.25) is 0 Å². The van der Waals surface area contributed by atoms with Crippen molar-refractivity contribution in [3.63, 3.8) is 0 Å². The molecular formula is C22H25N3O6S. The molecule has 1 atom stereocenters. The van der Waals surface area contributed by atoms with E-state index in [2.05, 4.69) is 15.4 Å². The molecule has 170 valence electrons. The van der Waals surface area contributed by atoms with E-state index in [0.717, 1.165) is 5.69 Å². The Morgan fingerprint density at radius 1 is 1.09 bits per heavy atom. The van der Waals surface area contributed by atoms with Crippen molar-refractivity contribution in [1.29, 1.82) is 0 Å². The highest BCUT2D eigenvalue weighted by molar-refractivity contribution is 7.73. The van der Waals surface area contributed by atoms with Gasteiger partial charge in [0, 0.05) is 23.0 Å². The van der Waals surface area contributed by atoms with Crippen molar-refractivity contribution in [2.75, 3.05) is 23.8 Å². The Hall–Kier alpha value is -3.53. The zero-order valence-electron chi connectivity index (χ0n) is 17.7. The molecule has 1 unspecified atom stereocenters. The molecule has 32 heavy (non-hydrogen) atoms. The van der Waals surface area contributed by atoms with Gasteiger partial charge in [-0.3, -0.25) is 9.52 Å². The van der Waals surface area contributed by atoms with Gasteiger partial charge in [0.2, 0.25) is 10.9 Å². The van der Waals surface area contributed by atoms with Crippen molar-refractivity contribution < 1.29 is 27.5 Å². The first kappa shape index (κ1) is 23.1. The molecule has 2 aromatic carbocycles. The fourth-order valence-corrected chi connectivity index (χ4v) is 3.79. The SMILES string of the molecule is CCOC(=O)C1=C(NC(=O)c2ccc(N[SH](=O)=O)cc2)C(Nc2cccc(OC)c2)CC1. The molecule has 0 heterocycles. The maximum Gasteiger partial charge on any atom is 0.335 e. The van der Waals surface area contributed by atoms with Gasteiger partial charge in [-0.15, -0.1) is 0 Å². The number of rotatable bonds is 9. The Kier molecular flexibility index (Phi) is 7.72. The Morgan fingerprint density at radius 2 is 1.84 bits per heavy atom. The number of methoxy groups -OCH3 is 1. The summed E-state index contributed by atoms with van der Waals surface area (Å²) in [6, 6.07) is 13.0. The molecule has 3 N–H and O–H groups in total. The number of ether oxygens (including phenoxy) is 2. The highest BCUT2D eigenvalue weighted by Gasteiger charge is 2.31. The Balaban J connectivity index is 1.83. The van der Waals surface area contributed by atoms with Crippen LogP contribution in [0.5, 0.6) is 5.75 Å². The molecule has 10 heteroatoms. The Bertz CT molecular complexity index is 1090. The summed E-state index contributed by atoms with van der Waals surface area (Å²) in [5.41, 5.74) is 2.33. The van der Waals surface area contributed by atoms with E-state index in [0.29, 0.717) is 41.1 Å². The number of nitrogens with one attached hydrogen (secondary N) is 3. The lowest BCUT2D eigenvalue weighted by Gasteiger charge is -2.20. The van der Waals surface area contributed by atoms with E-state index in [4.69, 9.17) is 9.47 Å². The number of benzene rings is 2. The largest absolute Gasteiger partial charge is 0.497 e. The molecule has 1 aliphatic rings. The number of carbonyl (C=O) groups is 2. The van der Waals surface area contributed by atoms with Crippen LogP contribution in [-0.4, -0.2) is 40.1 Å². The van der Waals surface area contributed by atoms with Gasteiger partial charge < -0.3 is 20.1 Å². The molecule has 0 aliphatic heterocycles. The highest BCUT2D eigenvalue weighted by Crippen LogP contribution is 2.30. The molecule has 9 nitrogen and oxygen atoms in total. The molecular weight excluding hydrogens is 434 g/mol. The smallest absolute Gasteiger partial charge is 0.335 e. The van der Waals surface area contributed by atoms with E-state index in [9.17, 15) is 18.0 Å². The lowest BCUT2D eigenvalue weighted by atomic mass is 10.1. The first-order chi connectivity index (χ1) is 15.4. The van der Waals surface area contributed by atoms with Crippen LogP contribution in [0.25, 0.3) is 0 Å². The van der Waals surface area contributed by atoms with Gasteiger partial charge in [0.1, 0.15) is 5.75 Å². The van der Waals surface area contributed by atoms with Crippen LogP contribution >= 0.6 is 0 Å². The van der Waals surface area contributed by atoms with Crippen LogP contribution in [0.15, 0.2) is 59.8 Å². The van der Waals surface area contributed by atoms with Crippen LogP contribution in [0, 0.1) is 0 Å². The van der Waals surface area contributed by atoms with Crippen LogP contribution in [0.3, 0.4) is 0 Å². The van der Waals surface area contributed by atoms with Crippen LogP contribution in [0.4, 0.5) is 11.4 Å². The second-order valence-corrected chi connectivity index (χ2v) is 7.72. The summed E-state index contributed by atoms with van der Waals surface area (Å²) in [6.07, 6.45) is 1.05. The summed E-state index contributed by atoms with van der Waals surface area (Å²) < 4.78 is 34.2. The van der Waals surface area contributed by atoms with Crippen molar-refractivity contribution >= 4 is 34.1 Å². The molecule has 1 aliphatic carbocycles. The van der Waals surface area contributed by atoms with Crippen molar-refractivity contribution in [3.8, 4) is 5.75 Å². The first-order valence-corrected chi connectivity index (χ1v) is 11.2. The molecule has 0 saturated carbocycles. The van der Waals surface area contributed by atoms with E-state index >= 15 is 0 Å². The van der Waals surface area contributed by atoms with Gasteiger partial charge in [0.15, 0.2) is 0 Å². The standard InChI is InChI=1S/C22H25N3O6S/c1-3-31-22(27)18-11-12-19(23-16-5-4-6-17(13-16)30-2)20(18)24-21(26)14-7-9-15(10-8-14)25-32(28)29/h4-10,13,19,23,32H,3,11-12H2,1-2H3,(H,24,26)(H,25,28,29). The third-order valence-corrected chi connectivity index (χ3v) is 5.35. The van der Waals surface area contributed by atoms with Crippen LogP contribution < -0.4 is 20.1 Å². The van der Waals surface area contributed by atoms with Crippen molar-refractivity contribution in [1.82, 2.24) is 5.32 Å². The van der Waals surface area contributed by atoms with Crippen molar-refractivity contribution in [2.24, 2.45) is 0 Å². The number of carbonyl (C=O) groups excluding carboxylic acids is 2. The summed E-state index contributed by atoms with van der Waals surface area (Å²) in [6.45, 7) is 1.96. The topological polar surface area (TPSA) is 123 Å². The van der Waals surface area contributed by atoms with Gasteiger partial charge in [0.25, 0.3) is 5.91 Å². The van der Waals surface area contributed by atoms with Crippen LogP contribution in [0.1, 0.15) is 30.1 Å². The normalized spacial score (nSPS) is 15.4. The van der Waals surface area contributed by atoms with Gasteiger partial charge in [0.05, 0.1) is 31.0 Å². The van der Waals surface area contributed by atoms with E-state index in [-0.39, 0.29) is 12.6 Å². The zero-order chi connectivity index (χ0) is 23.1. The van der Waals surface area contributed by atoms with E-state index in [1.807, 2.05) is 24.3 Å². The molecule has 0 saturated heterocycles. The summed E-state index contributed by atoms with van der Waals surface area (Å²) in [4.78, 5) is 25.3. The van der Waals surface area contributed by atoms with E-state index in [1.165, 1.54) is 24.3 Å². The number of thiol groups is 1. The minimum Gasteiger partial charge on any atom is -0.497 e. The van der Waals surface area contributed by atoms with Gasteiger partial charge in [-0.25, -0.2) is 13.2 Å². The highest BCUT2D eigenvalue weighted by atomic mass is 32.2. The third kappa shape index (κ3) is 5.79. The number of hydrogen-bond donors (Lipinski definition) is 4. The predicted octanol–water partition coefficient (Wildman–Crippen LogP) is 2.46. The van der Waals surface area contributed by atoms with E-state index < -0.39 is 22.8 Å².